The highest BCUT2D eigenvalue weighted by molar-refractivity contribution is 6.30. The zero-order valence-electron chi connectivity index (χ0n) is 18.6. The van der Waals surface area contributed by atoms with Crippen molar-refractivity contribution < 1.29 is 4.79 Å². The monoisotopic (exact) mass is 467 g/mol. The first-order chi connectivity index (χ1) is 16.6. The molecule has 1 N–H and O–H groups in total. The van der Waals surface area contributed by atoms with Crippen LogP contribution in [0.25, 0.3) is 33.4 Å². The Morgan fingerprint density at radius 3 is 2.65 bits per heavy atom. The fourth-order valence-electron chi connectivity index (χ4n) is 4.70. The Bertz CT molecular complexity index is 1520. The topological polar surface area (TPSA) is 66.8 Å². The SMILES string of the molecule is CC(c1cccc(Cl)c1)N1CCn2cc(-c3n[nH]c4ncc(-c5ccccc5)cc34)cc2C1=O. The average Bonchev–Trinajstić information content (AvgIpc) is 3.48. The zero-order valence-corrected chi connectivity index (χ0v) is 19.3. The lowest BCUT2D eigenvalue weighted by Gasteiger charge is -2.33. The Morgan fingerprint density at radius 2 is 1.82 bits per heavy atom. The van der Waals surface area contributed by atoms with Gasteiger partial charge in [-0.3, -0.25) is 9.89 Å². The van der Waals surface area contributed by atoms with E-state index in [0.29, 0.717) is 17.3 Å². The van der Waals surface area contributed by atoms with Gasteiger partial charge in [-0.25, -0.2) is 4.98 Å². The molecule has 0 radical (unpaired) electrons. The molecule has 1 aliphatic rings. The number of H-pyrrole nitrogens is 1. The second kappa shape index (κ2) is 8.15. The number of pyridine rings is 1. The Kier molecular flexibility index (Phi) is 4.96. The summed E-state index contributed by atoms with van der Waals surface area (Å²) in [5, 5.41) is 9.18. The number of amides is 1. The van der Waals surface area contributed by atoms with Crippen molar-refractivity contribution in [2.45, 2.75) is 19.5 Å². The van der Waals surface area contributed by atoms with E-state index in [2.05, 4.69) is 33.4 Å². The number of hydrogen-bond acceptors (Lipinski definition) is 3. The summed E-state index contributed by atoms with van der Waals surface area (Å²) in [5.41, 5.74) is 6.24. The zero-order chi connectivity index (χ0) is 23.2. The Hall–Kier alpha value is -3.90. The van der Waals surface area contributed by atoms with Gasteiger partial charge in [0.25, 0.3) is 5.91 Å². The first kappa shape index (κ1) is 20.7. The summed E-state index contributed by atoms with van der Waals surface area (Å²) in [5.74, 6) is 0.00733. The summed E-state index contributed by atoms with van der Waals surface area (Å²) < 4.78 is 2.02. The molecule has 168 valence electrons. The van der Waals surface area contributed by atoms with Gasteiger partial charge in [-0.2, -0.15) is 5.10 Å². The minimum atomic E-state index is -0.0675. The number of fused-ring (bicyclic) bond motifs is 2. The highest BCUT2D eigenvalue weighted by Gasteiger charge is 2.30. The van der Waals surface area contributed by atoms with E-state index in [1.807, 2.05) is 77.3 Å². The van der Waals surface area contributed by atoms with Crippen molar-refractivity contribution in [2.24, 2.45) is 0 Å². The second-order valence-electron chi connectivity index (χ2n) is 8.60. The Labute approximate surface area is 201 Å². The van der Waals surface area contributed by atoms with Crippen LogP contribution < -0.4 is 0 Å². The second-order valence-corrected chi connectivity index (χ2v) is 9.03. The normalized spacial score (nSPS) is 14.4. The number of aromatic nitrogens is 4. The number of carbonyl (C=O) groups is 1. The molecule has 6 nitrogen and oxygen atoms in total. The molecule has 0 spiro atoms. The summed E-state index contributed by atoms with van der Waals surface area (Å²) >= 11 is 6.18. The third kappa shape index (κ3) is 3.47. The van der Waals surface area contributed by atoms with Gasteiger partial charge in [0.15, 0.2) is 5.65 Å². The molecule has 34 heavy (non-hydrogen) atoms. The van der Waals surface area contributed by atoms with E-state index in [1.54, 1.807) is 0 Å². The van der Waals surface area contributed by atoms with E-state index in [4.69, 9.17) is 11.6 Å². The maximum atomic E-state index is 13.4. The van der Waals surface area contributed by atoms with Crippen LogP contribution in [0.3, 0.4) is 0 Å². The molecule has 0 fully saturated rings. The highest BCUT2D eigenvalue weighted by Crippen LogP contribution is 2.33. The molecular weight excluding hydrogens is 446 g/mol. The molecular formula is C27H22ClN5O. The highest BCUT2D eigenvalue weighted by atomic mass is 35.5. The quantitative estimate of drug-likeness (QED) is 0.354. The molecule has 4 heterocycles. The molecule has 0 saturated heterocycles. The number of halogens is 1. The molecule has 0 bridgehead atoms. The van der Waals surface area contributed by atoms with Crippen molar-refractivity contribution in [2.75, 3.05) is 6.54 Å². The van der Waals surface area contributed by atoms with E-state index in [9.17, 15) is 4.79 Å². The standard InChI is InChI=1S/C27H22ClN5O/c1-17(19-8-5-9-22(28)12-19)33-11-10-32-16-21(14-24(32)27(33)34)25-23-13-20(15-29-26(23)31-30-25)18-6-3-2-4-7-18/h2-9,12-17H,10-11H2,1H3,(H,29,30,31). The van der Waals surface area contributed by atoms with Crippen molar-refractivity contribution in [3.63, 3.8) is 0 Å². The van der Waals surface area contributed by atoms with Gasteiger partial charge < -0.3 is 9.47 Å². The van der Waals surface area contributed by atoms with Gasteiger partial charge in [-0.15, -0.1) is 0 Å². The molecule has 1 atom stereocenters. The van der Waals surface area contributed by atoms with Crippen LogP contribution in [0.4, 0.5) is 0 Å². The number of hydrogen-bond donors (Lipinski definition) is 1. The first-order valence-electron chi connectivity index (χ1n) is 11.2. The smallest absolute Gasteiger partial charge is 0.271 e. The summed E-state index contributed by atoms with van der Waals surface area (Å²) in [4.78, 5) is 19.9. The number of nitrogens with one attached hydrogen (secondary N) is 1. The predicted molar refractivity (Wildman–Crippen MR) is 134 cm³/mol. The number of carbonyl (C=O) groups excluding carboxylic acids is 1. The van der Waals surface area contributed by atoms with Crippen molar-refractivity contribution in [1.29, 1.82) is 0 Å². The van der Waals surface area contributed by atoms with Gasteiger partial charge in [-0.1, -0.05) is 54.1 Å². The van der Waals surface area contributed by atoms with Crippen LogP contribution in [0.1, 0.15) is 29.0 Å². The lowest BCUT2D eigenvalue weighted by molar-refractivity contribution is 0.0632. The van der Waals surface area contributed by atoms with Crippen LogP contribution >= 0.6 is 11.6 Å². The minimum absolute atomic E-state index is 0.00733. The van der Waals surface area contributed by atoms with E-state index in [-0.39, 0.29) is 11.9 Å². The van der Waals surface area contributed by atoms with Crippen LogP contribution in [0.5, 0.6) is 0 Å². The van der Waals surface area contributed by atoms with Crippen LogP contribution in [-0.2, 0) is 6.54 Å². The van der Waals surface area contributed by atoms with Gasteiger partial charge in [0.1, 0.15) is 11.4 Å². The van der Waals surface area contributed by atoms with E-state index in [1.165, 1.54) is 0 Å². The summed E-state index contributed by atoms with van der Waals surface area (Å²) in [6.45, 7) is 3.40. The van der Waals surface area contributed by atoms with Crippen LogP contribution in [0, 0.1) is 0 Å². The minimum Gasteiger partial charge on any atom is -0.341 e. The van der Waals surface area contributed by atoms with Gasteiger partial charge in [-0.05, 0) is 42.3 Å². The van der Waals surface area contributed by atoms with Crippen LogP contribution in [-0.4, -0.2) is 37.1 Å². The van der Waals surface area contributed by atoms with Crippen LogP contribution in [0.15, 0.2) is 79.1 Å². The maximum Gasteiger partial charge on any atom is 0.271 e. The van der Waals surface area contributed by atoms with Gasteiger partial charge in [0.2, 0.25) is 0 Å². The number of aromatic amines is 1. The molecule has 6 rings (SSSR count). The first-order valence-corrected chi connectivity index (χ1v) is 11.6. The molecule has 1 unspecified atom stereocenters. The Morgan fingerprint density at radius 1 is 0.971 bits per heavy atom. The fraction of sp³-hybridized carbons (Fsp3) is 0.148. The van der Waals surface area contributed by atoms with E-state index >= 15 is 0 Å². The largest absolute Gasteiger partial charge is 0.341 e. The molecule has 3 aromatic heterocycles. The molecule has 7 heteroatoms. The van der Waals surface area contributed by atoms with Gasteiger partial charge in [0.05, 0.1) is 6.04 Å². The number of nitrogens with zero attached hydrogens (tertiary/aromatic N) is 4. The maximum absolute atomic E-state index is 13.4. The number of benzene rings is 2. The lowest BCUT2D eigenvalue weighted by atomic mass is 10.0. The molecule has 5 aromatic rings. The Balaban J connectivity index is 1.35. The van der Waals surface area contributed by atoms with E-state index in [0.717, 1.165) is 45.5 Å². The number of rotatable bonds is 4. The molecule has 1 amide bonds. The molecule has 0 aliphatic carbocycles. The summed E-state index contributed by atoms with van der Waals surface area (Å²) in [6.07, 6.45) is 3.86. The molecule has 2 aromatic carbocycles. The van der Waals surface area contributed by atoms with Crippen molar-refractivity contribution >= 4 is 28.5 Å². The third-order valence-corrected chi connectivity index (χ3v) is 6.79. The summed E-state index contributed by atoms with van der Waals surface area (Å²) in [6, 6.07) is 21.8. The van der Waals surface area contributed by atoms with Crippen molar-refractivity contribution in [3.05, 3.63) is 95.4 Å². The molecule has 0 saturated carbocycles. The van der Waals surface area contributed by atoms with Gasteiger partial charge in [0, 0.05) is 47.0 Å². The predicted octanol–water partition coefficient (Wildman–Crippen LogP) is 5.96. The van der Waals surface area contributed by atoms with Crippen molar-refractivity contribution in [3.8, 4) is 22.4 Å². The summed E-state index contributed by atoms with van der Waals surface area (Å²) in [7, 11) is 0. The van der Waals surface area contributed by atoms with E-state index < -0.39 is 0 Å². The average molecular weight is 468 g/mol. The molecule has 1 aliphatic heterocycles. The fourth-order valence-corrected chi connectivity index (χ4v) is 4.89. The lowest BCUT2D eigenvalue weighted by Crippen LogP contribution is -2.41. The van der Waals surface area contributed by atoms with Gasteiger partial charge >= 0.3 is 0 Å². The third-order valence-electron chi connectivity index (χ3n) is 6.55. The van der Waals surface area contributed by atoms with Crippen LogP contribution in [0.2, 0.25) is 5.02 Å². The van der Waals surface area contributed by atoms with Crippen molar-refractivity contribution in [1.82, 2.24) is 24.6 Å².